The number of benzene rings is 3. The first-order valence-electron chi connectivity index (χ1n) is 10.1. The Morgan fingerprint density at radius 2 is 1.44 bits per heavy atom. The fourth-order valence-electron chi connectivity index (χ4n) is 3.66. The smallest absolute Gasteiger partial charge is 0.372 e. The third-order valence-corrected chi connectivity index (χ3v) is 7.36. The molecule has 36 heavy (non-hydrogen) atoms. The SMILES string of the molecule is Cc1cc(C(O)(c2cccc(C(F)(F)F)c2)C(F)(F)F)ccc1N(C)S(=O)(=O)c1cccc(C#N)c1. The fraction of sp³-hybridized carbons (Fsp3) is 0.208. The molecule has 5 nitrogen and oxygen atoms in total. The monoisotopic (exact) mass is 528 g/mol. The number of aryl methyl sites for hydroxylation is 1. The number of nitriles is 1. The lowest BCUT2D eigenvalue weighted by Crippen LogP contribution is -2.43. The summed E-state index contributed by atoms with van der Waals surface area (Å²) in [7, 11) is -3.07. The molecule has 0 amide bonds. The van der Waals surface area contributed by atoms with Gasteiger partial charge in [-0.1, -0.05) is 30.3 Å². The number of anilines is 1. The predicted molar refractivity (Wildman–Crippen MR) is 118 cm³/mol. The molecule has 0 saturated carbocycles. The van der Waals surface area contributed by atoms with Crippen LogP contribution < -0.4 is 4.31 Å². The highest BCUT2D eigenvalue weighted by molar-refractivity contribution is 7.92. The van der Waals surface area contributed by atoms with Crippen molar-refractivity contribution in [1.29, 1.82) is 5.26 Å². The molecule has 0 bridgehead atoms. The van der Waals surface area contributed by atoms with Crippen molar-refractivity contribution in [3.63, 3.8) is 0 Å². The third-order valence-electron chi connectivity index (χ3n) is 5.59. The summed E-state index contributed by atoms with van der Waals surface area (Å²) < 4.78 is 109. The second-order valence-corrected chi connectivity index (χ2v) is 9.87. The molecule has 190 valence electrons. The number of sulfonamides is 1. The molecule has 0 spiro atoms. The van der Waals surface area contributed by atoms with Crippen LogP contribution in [0.2, 0.25) is 0 Å². The maximum atomic E-state index is 14.1. The summed E-state index contributed by atoms with van der Waals surface area (Å²) in [6.07, 6.45) is -10.4. The lowest BCUT2D eigenvalue weighted by molar-refractivity contribution is -0.248. The number of nitrogens with zero attached hydrogens (tertiary/aromatic N) is 2. The van der Waals surface area contributed by atoms with E-state index in [0.717, 1.165) is 47.8 Å². The molecule has 1 N–H and O–H groups in total. The van der Waals surface area contributed by atoms with E-state index in [1.807, 2.05) is 6.07 Å². The van der Waals surface area contributed by atoms with Gasteiger partial charge in [-0.15, -0.1) is 0 Å². The minimum Gasteiger partial charge on any atom is -0.372 e. The van der Waals surface area contributed by atoms with E-state index in [-0.39, 0.29) is 27.8 Å². The van der Waals surface area contributed by atoms with Crippen LogP contribution in [0.4, 0.5) is 32.0 Å². The summed E-state index contributed by atoms with van der Waals surface area (Å²) in [5, 5.41) is 19.8. The maximum absolute atomic E-state index is 14.1. The van der Waals surface area contributed by atoms with Gasteiger partial charge in [-0.3, -0.25) is 4.31 Å². The Kier molecular flexibility index (Phi) is 6.87. The fourth-order valence-corrected chi connectivity index (χ4v) is 4.97. The lowest BCUT2D eigenvalue weighted by Gasteiger charge is -2.33. The quantitative estimate of drug-likeness (QED) is 0.443. The van der Waals surface area contributed by atoms with Crippen molar-refractivity contribution < 1.29 is 39.9 Å². The minimum absolute atomic E-state index is 0.00957. The van der Waals surface area contributed by atoms with Crippen molar-refractivity contribution in [2.75, 3.05) is 11.4 Å². The largest absolute Gasteiger partial charge is 0.425 e. The van der Waals surface area contributed by atoms with Crippen LogP contribution in [0.15, 0.2) is 71.6 Å². The van der Waals surface area contributed by atoms with Crippen LogP contribution in [0.1, 0.15) is 27.8 Å². The van der Waals surface area contributed by atoms with Crippen molar-refractivity contribution >= 4 is 15.7 Å². The van der Waals surface area contributed by atoms with E-state index in [2.05, 4.69) is 0 Å². The molecule has 0 fully saturated rings. The number of rotatable bonds is 5. The topological polar surface area (TPSA) is 81.4 Å². The van der Waals surface area contributed by atoms with Crippen LogP contribution in [0.3, 0.4) is 0 Å². The Labute approximate surface area is 202 Å². The molecular weight excluding hydrogens is 510 g/mol. The molecule has 12 heteroatoms. The van der Waals surface area contributed by atoms with Gasteiger partial charge in [0.05, 0.1) is 27.8 Å². The summed E-state index contributed by atoms with van der Waals surface area (Å²) in [5.74, 6) is 0. The lowest BCUT2D eigenvalue weighted by atomic mass is 9.84. The normalized spacial score (nSPS) is 14.1. The molecule has 1 atom stereocenters. The van der Waals surface area contributed by atoms with Crippen molar-refractivity contribution in [3.8, 4) is 6.07 Å². The molecule has 3 aromatic rings. The molecule has 0 saturated heterocycles. The molecule has 0 aliphatic carbocycles. The van der Waals surface area contributed by atoms with Crippen LogP contribution in [0.25, 0.3) is 0 Å². The van der Waals surface area contributed by atoms with Crippen molar-refractivity contribution in [2.45, 2.75) is 29.8 Å². The van der Waals surface area contributed by atoms with Gasteiger partial charge < -0.3 is 5.11 Å². The van der Waals surface area contributed by atoms with Gasteiger partial charge in [-0.25, -0.2) is 8.42 Å². The summed E-state index contributed by atoms with van der Waals surface area (Å²) in [4.78, 5) is -0.233. The summed E-state index contributed by atoms with van der Waals surface area (Å²) >= 11 is 0. The standard InChI is InChI=1S/C24H18F6N2O3S/c1-15-11-18(22(33,24(28,29)30)17-6-4-7-19(13-17)23(25,26)27)9-10-21(15)32(2)36(34,35)20-8-3-5-16(12-20)14-31/h3-13,33H,1-2H3. The Morgan fingerprint density at radius 1 is 0.861 bits per heavy atom. The molecular formula is C24H18F6N2O3S. The van der Waals surface area contributed by atoms with Crippen LogP contribution in [0.5, 0.6) is 0 Å². The average molecular weight is 528 g/mol. The van der Waals surface area contributed by atoms with Gasteiger partial charge in [0.25, 0.3) is 10.0 Å². The molecule has 0 aliphatic rings. The maximum Gasteiger partial charge on any atom is 0.425 e. The van der Waals surface area contributed by atoms with Crippen LogP contribution in [-0.4, -0.2) is 26.7 Å². The second kappa shape index (κ2) is 9.15. The van der Waals surface area contributed by atoms with E-state index in [1.165, 1.54) is 25.1 Å². The summed E-state index contributed by atoms with van der Waals surface area (Å²) in [6, 6.07) is 11.9. The van der Waals surface area contributed by atoms with Gasteiger partial charge >= 0.3 is 12.4 Å². The molecule has 0 heterocycles. The molecule has 0 aromatic heterocycles. The van der Waals surface area contributed by atoms with Gasteiger partial charge in [0.2, 0.25) is 5.60 Å². The molecule has 1 unspecified atom stereocenters. The zero-order valence-corrected chi connectivity index (χ0v) is 19.5. The molecule has 0 radical (unpaired) electrons. The summed E-state index contributed by atoms with van der Waals surface area (Å²) in [5.41, 5.74) is -7.01. The molecule has 3 rings (SSSR count). The zero-order valence-electron chi connectivity index (χ0n) is 18.7. The van der Waals surface area contributed by atoms with Crippen LogP contribution >= 0.6 is 0 Å². The van der Waals surface area contributed by atoms with Gasteiger partial charge in [0.1, 0.15) is 0 Å². The predicted octanol–water partition coefficient (Wildman–Crippen LogP) is 5.51. The van der Waals surface area contributed by atoms with E-state index in [1.54, 1.807) is 0 Å². The minimum atomic E-state index is -5.42. The van der Waals surface area contributed by atoms with E-state index in [9.17, 15) is 39.9 Å². The van der Waals surface area contributed by atoms with Crippen molar-refractivity contribution in [2.24, 2.45) is 0 Å². The van der Waals surface area contributed by atoms with Crippen LogP contribution in [0, 0.1) is 18.3 Å². The van der Waals surface area contributed by atoms with E-state index in [4.69, 9.17) is 5.26 Å². The van der Waals surface area contributed by atoms with E-state index >= 15 is 0 Å². The van der Waals surface area contributed by atoms with E-state index in [0.29, 0.717) is 6.07 Å². The second-order valence-electron chi connectivity index (χ2n) is 7.90. The van der Waals surface area contributed by atoms with Crippen molar-refractivity contribution in [1.82, 2.24) is 0 Å². The highest BCUT2D eigenvalue weighted by atomic mass is 32.2. The first-order chi connectivity index (χ1) is 16.5. The van der Waals surface area contributed by atoms with Gasteiger partial charge in [-0.05, 0) is 60.0 Å². The van der Waals surface area contributed by atoms with Crippen LogP contribution in [-0.2, 0) is 21.8 Å². The molecule has 0 aliphatic heterocycles. The Morgan fingerprint density at radius 3 is 2.00 bits per heavy atom. The molecule has 3 aromatic carbocycles. The number of alkyl halides is 6. The highest BCUT2D eigenvalue weighted by Crippen LogP contribution is 2.46. The number of hydrogen-bond acceptors (Lipinski definition) is 4. The number of hydrogen-bond donors (Lipinski definition) is 1. The number of halogens is 6. The highest BCUT2D eigenvalue weighted by Gasteiger charge is 2.56. The number of aliphatic hydroxyl groups is 1. The van der Waals surface area contributed by atoms with Gasteiger partial charge in [0.15, 0.2) is 0 Å². The average Bonchev–Trinajstić information content (AvgIpc) is 2.81. The van der Waals surface area contributed by atoms with Gasteiger partial charge in [-0.2, -0.15) is 31.6 Å². The van der Waals surface area contributed by atoms with Gasteiger partial charge in [0, 0.05) is 7.05 Å². The van der Waals surface area contributed by atoms with Crippen molar-refractivity contribution in [3.05, 3.63) is 94.5 Å². The third kappa shape index (κ3) is 4.76. The Hall–Kier alpha value is -3.56. The Bertz CT molecular complexity index is 1450. The summed E-state index contributed by atoms with van der Waals surface area (Å²) in [6.45, 7) is 1.29. The van der Waals surface area contributed by atoms with E-state index < -0.39 is 44.7 Å². The first-order valence-corrected chi connectivity index (χ1v) is 11.5. The first kappa shape index (κ1) is 27.0. The Balaban J connectivity index is 2.12. The zero-order chi connectivity index (χ0) is 27.1.